The fourth-order valence-corrected chi connectivity index (χ4v) is 6.06. The van der Waals surface area contributed by atoms with Crippen molar-refractivity contribution in [2.24, 2.45) is 5.73 Å². The first-order chi connectivity index (χ1) is 10.9. The molecule has 0 radical (unpaired) electrons. The Morgan fingerprint density at radius 3 is 1.52 bits per heavy atom. The van der Waals surface area contributed by atoms with Gasteiger partial charge < -0.3 is 23.7 Å². The molecule has 0 heterocycles. The van der Waals surface area contributed by atoms with E-state index in [1.807, 2.05) is 69.2 Å². The summed E-state index contributed by atoms with van der Waals surface area (Å²) in [7, 11) is -2.94. The summed E-state index contributed by atoms with van der Waals surface area (Å²) in [6, 6.07) is 0.668. The Bertz CT molecular complexity index is 378. The molecule has 6 heteroatoms. The molecular weight excluding hydrogens is 334 g/mol. The van der Waals surface area contributed by atoms with E-state index in [0.717, 1.165) is 12.0 Å². The van der Waals surface area contributed by atoms with Gasteiger partial charge in [-0.2, -0.15) is 0 Å². The van der Waals surface area contributed by atoms with E-state index in [1.54, 1.807) is 0 Å². The molecule has 0 saturated heterocycles. The molecule has 0 bridgehead atoms. The Balaban J connectivity index is 5.26. The molecule has 150 valence electrons. The Morgan fingerprint density at radius 2 is 1.24 bits per heavy atom. The first-order valence-electron chi connectivity index (χ1n) is 9.08. The normalized spacial score (nSPS) is 15.3. The summed E-state index contributed by atoms with van der Waals surface area (Å²) >= 11 is 0. The fourth-order valence-electron chi connectivity index (χ4n) is 2.26. The standard InChI is InChI=1S/C19H41NO4Si/c1-15(2)16(20)21-13-12-14-25(22-17(3,4)5,23-18(6,7)8)24-19(9,10)11/h16H,1,12-14,20H2,2-11H3. The molecule has 25 heavy (non-hydrogen) atoms. The molecule has 0 aliphatic rings. The van der Waals surface area contributed by atoms with E-state index in [2.05, 4.69) is 6.58 Å². The van der Waals surface area contributed by atoms with Crippen LogP contribution in [0.2, 0.25) is 6.04 Å². The molecule has 1 atom stereocenters. The van der Waals surface area contributed by atoms with Crippen molar-refractivity contribution in [1.29, 1.82) is 0 Å². The van der Waals surface area contributed by atoms with Crippen LogP contribution in [0.25, 0.3) is 0 Å². The molecule has 0 aromatic carbocycles. The van der Waals surface area contributed by atoms with Gasteiger partial charge in [0, 0.05) is 12.7 Å². The van der Waals surface area contributed by atoms with Gasteiger partial charge in [-0.1, -0.05) is 6.58 Å². The van der Waals surface area contributed by atoms with Gasteiger partial charge in [-0.25, -0.2) is 0 Å². The van der Waals surface area contributed by atoms with Crippen LogP contribution >= 0.6 is 0 Å². The molecule has 0 aromatic heterocycles. The average molecular weight is 376 g/mol. The van der Waals surface area contributed by atoms with Gasteiger partial charge in [-0.3, -0.25) is 0 Å². The van der Waals surface area contributed by atoms with Gasteiger partial charge in [-0.15, -0.1) is 0 Å². The highest BCUT2D eigenvalue weighted by Crippen LogP contribution is 2.32. The second kappa shape index (κ2) is 9.11. The second-order valence-corrected chi connectivity index (χ2v) is 12.0. The topological polar surface area (TPSA) is 62.9 Å². The predicted octanol–water partition coefficient (Wildman–Crippen LogP) is 4.64. The summed E-state index contributed by atoms with van der Waals surface area (Å²) in [6.07, 6.45) is 0.307. The Labute approximate surface area is 156 Å². The van der Waals surface area contributed by atoms with Gasteiger partial charge in [0.25, 0.3) is 0 Å². The van der Waals surface area contributed by atoms with Crippen molar-refractivity contribution in [3.63, 3.8) is 0 Å². The number of nitrogens with two attached hydrogens (primary N) is 1. The lowest BCUT2D eigenvalue weighted by atomic mass is 10.2. The molecule has 1 unspecified atom stereocenters. The van der Waals surface area contributed by atoms with Crippen LogP contribution in [-0.2, 0) is 18.0 Å². The maximum atomic E-state index is 6.42. The highest BCUT2D eigenvalue weighted by molar-refractivity contribution is 6.61. The summed E-state index contributed by atoms with van der Waals surface area (Å²) in [6.45, 7) is 24.4. The smallest absolute Gasteiger partial charge is 0.368 e. The molecule has 0 aliphatic heterocycles. The number of hydrogen-bond donors (Lipinski definition) is 1. The lowest BCUT2D eigenvalue weighted by molar-refractivity contribution is -0.0764. The van der Waals surface area contributed by atoms with Crippen molar-refractivity contribution in [1.82, 2.24) is 0 Å². The third-order valence-corrected chi connectivity index (χ3v) is 6.53. The molecule has 0 saturated carbocycles. The largest absolute Gasteiger partial charge is 0.502 e. The van der Waals surface area contributed by atoms with Crippen LogP contribution in [0.1, 0.15) is 75.7 Å². The summed E-state index contributed by atoms with van der Waals surface area (Å²) in [5.74, 6) is 0. The molecule has 0 rings (SSSR count). The monoisotopic (exact) mass is 375 g/mol. The maximum Gasteiger partial charge on any atom is 0.502 e. The molecule has 0 aliphatic carbocycles. The van der Waals surface area contributed by atoms with E-state index in [0.29, 0.717) is 12.7 Å². The fraction of sp³-hybridized carbons (Fsp3) is 0.895. The van der Waals surface area contributed by atoms with E-state index in [-0.39, 0.29) is 16.8 Å². The highest BCUT2D eigenvalue weighted by atomic mass is 28.4. The zero-order chi connectivity index (χ0) is 20.1. The lowest BCUT2D eigenvalue weighted by Crippen LogP contribution is -2.57. The van der Waals surface area contributed by atoms with Crippen molar-refractivity contribution in [2.75, 3.05) is 6.61 Å². The second-order valence-electron chi connectivity index (χ2n) is 9.57. The predicted molar refractivity (Wildman–Crippen MR) is 106 cm³/mol. The minimum absolute atomic E-state index is 0.363. The zero-order valence-corrected chi connectivity index (χ0v) is 19.1. The van der Waals surface area contributed by atoms with E-state index >= 15 is 0 Å². The average Bonchev–Trinajstić information content (AvgIpc) is 2.27. The minimum atomic E-state index is -2.94. The minimum Gasteiger partial charge on any atom is -0.368 e. The van der Waals surface area contributed by atoms with Gasteiger partial charge in [0.2, 0.25) is 0 Å². The summed E-state index contributed by atoms with van der Waals surface area (Å²) < 4.78 is 24.9. The van der Waals surface area contributed by atoms with E-state index in [4.69, 9.17) is 23.7 Å². The van der Waals surface area contributed by atoms with Gasteiger partial charge in [-0.05, 0) is 81.2 Å². The van der Waals surface area contributed by atoms with Crippen LogP contribution in [0.4, 0.5) is 0 Å². The zero-order valence-electron chi connectivity index (χ0n) is 18.1. The van der Waals surface area contributed by atoms with Gasteiger partial charge in [0.15, 0.2) is 0 Å². The highest BCUT2D eigenvalue weighted by Gasteiger charge is 2.49. The summed E-state index contributed by atoms with van der Waals surface area (Å²) in [4.78, 5) is 0. The summed E-state index contributed by atoms with van der Waals surface area (Å²) in [5.41, 5.74) is 5.59. The van der Waals surface area contributed by atoms with Crippen LogP contribution in [0.5, 0.6) is 0 Å². The van der Waals surface area contributed by atoms with Crippen molar-refractivity contribution < 1.29 is 18.0 Å². The van der Waals surface area contributed by atoms with E-state index < -0.39 is 15.0 Å². The van der Waals surface area contributed by atoms with Crippen LogP contribution in [0.15, 0.2) is 12.2 Å². The molecule has 0 spiro atoms. The first kappa shape index (κ1) is 24.8. The molecule has 0 aromatic rings. The van der Waals surface area contributed by atoms with Crippen LogP contribution in [0.3, 0.4) is 0 Å². The lowest BCUT2D eigenvalue weighted by Gasteiger charge is -2.43. The van der Waals surface area contributed by atoms with Crippen molar-refractivity contribution >= 4 is 8.80 Å². The number of ether oxygens (including phenoxy) is 1. The molecule has 5 nitrogen and oxygen atoms in total. The SMILES string of the molecule is C=C(C)C(N)OCCC[Si](OC(C)(C)C)(OC(C)(C)C)OC(C)(C)C. The number of hydrogen-bond acceptors (Lipinski definition) is 5. The quantitative estimate of drug-likeness (QED) is 0.275. The Kier molecular flexibility index (Phi) is 9.02. The van der Waals surface area contributed by atoms with Crippen molar-refractivity contribution in [3.8, 4) is 0 Å². The summed E-state index contributed by atoms with van der Waals surface area (Å²) in [5, 5.41) is 0. The van der Waals surface area contributed by atoms with Crippen molar-refractivity contribution in [2.45, 2.75) is 105 Å². The van der Waals surface area contributed by atoms with Crippen LogP contribution < -0.4 is 5.73 Å². The molecule has 0 fully saturated rings. The third-order valence-electron chi connectivity index (χ3n) is 2.80. The molecule has 2 N–H and O–H groups in total. The van der Waals surface area contributed by atoms with Crippen molar-refractivity contribution in [3.05, 3.63) is 12.2 Å². The number of rotatable bonds is 9. The maximum absolute atomic E-state index is 6.42. The first-order valence-corrected chi connectivity index (χ1v) is 11.0. The van der Waals surface area contributed by atoms with Gasteiger partial charge >= 0.3 is 8.80 Å². The molecule has 0 amide bonds. The van der Waals surface area contributed by atoms with Crippen LogP contribution in [-0.4, -0.2) is 38.4 Å². The van der Waals surface area contributed by atoms with E-state index in [9.17, 15) is 0 Å². The van der Waals surface area contributed by atoms with Gasteiger partial charge in [0.1, 0.15) is 6.23 Å². The van der Waals surface area contributed by atoms with Gasteiger partial charge in [0.05, 0.1) is 16.8 Å². The van der Waals surface area contributed by atoms with E-state index in [1.165, 1.54) is 0 Å². The Hall–Kier alpha value is -0.243. The Morgan fingerprint density at radius 1 is 0.880 bits per heavy atom. The van der Waals surface area contributed by atoms with Crippen LogP contribution in [0, 0.1) is 0 Å². The molecular formula is C19H41NO4Si. The third kappa shape index (κ3) is 12.7.